The van der Waals surface area contributed by atoms with E-state index in [2.05, 4.69) is 181 Å². The third-order valence-corrected chi connectivity index (χ3v) is 10.5. The second-order valence-electron chi connectivity index (χ2n) is 13.5. The maximum atomic E-state index is 2.57. The van der Waals surface area contributed by atoms with Gasteiger partial charge in [0.15, 0.2) is 0 Å². The predicted molar refractivity (Wildman–Crippen MR) is 209 cm³/mol. The first-order chi connectivity index (χ1) is 24.3. The molecule has 1 saturated carbocycles. The average Bonchev–Trinajstić information content (AvgIpc) is 3.20. The van der Waals surface area contributed by atoms with Crippen LogP contribution < -0.4 is 4.90 Å². The smallest absolute Gasteiger partial charge is 0.0563 e. The van der Waals surface area contributed by atoms with Crippen LogP contribution in [-0.2, 0) is 0 Å². The maximum absolute atomic E-state index is 2.57. The molecule has 1 nitrogen and oxygen atoms in total. The molecule has 0 bridgehead atoms. The van der Waals surface area contributed by atoms with Crippen molar-refractivity contribution in [1.82, 2.24) is 0 Å². The van der Waals surface area contributed by atoms with Crippen molar-refractivity contribution in [1.29, 1.82) is 0 Å². The van der Waals surface area contributed by atoms with E-state index in [1.807, 2.05) is 0 Å². The van der Waals surface area contributed by atoms with Crippen molar-refractivity contribution in [3.63, 3.8) is 0 Å². The van der Waals surface area contributed by atoms with Crippen molar-refractivity contribution < 1.29 is 0 Å². The second-order valence-corrected chi connectivity index (χ2v) is 13.5. The van der Waals surface area contributed by atoms with Crippen LogP contribution in [-0.4, -0.2) is 6.04 Å². The third-order valence-electron chi connectivity index (χ3n) is 10.5. The molecule has 1 fully saturated rings. The van der Waals surface area contributed by atoms with Gasteiger partial charge in [0, 0.05) is 11.4 Å². The van der Waals surface area contributed by atoms with Crippen molar-refractivity contribution in [3.05, 3.63) is 187 Å². The summed E-state index contributed by atoms with van der Waals surface area (Å²) >= 11 is 0. The minimum atomic E-state index is 0.217. The molecule has 240 valence electrons. The van der Waals surface area contributed by atoms with Crippen LogP contribution in [0.4, 0.5) is 11.4 Å². The largest absolute Gasteiger partial charge is 0.334 e. The highest BCUT2D eigenvalue weighted by atomic mass is 15.2. The number of allylic oxidation sites excluding steroid dienone is 2. The highest BCUT2D eigenvalue weighted by Gasteiger charge is 2.29. The van der Waals surface area contributed by atoms with E-state index in [0.29, 0.717) is 5.92 Å². The monoisotopic (exact) mass is 633 g/mol. The van der Waals surface area contributed by atoms with Crippen LogP contribution in [0.25, 0.3) is 39.0 Å². The van der Waals surface area contributed by atoms with Crippen LogP contribution in [0.15, 0.2) is 182 Å². The van der Waals surface area contributed by atoms with Gasteiger partial charge in [0.1, 0.15) is 0 Å². The van der Waals surface area contributed by atoms with E-state index in [0.717, 1.165) is 6.42 Å². The van der Waals surface area contributed by atoms with Crippen LogP contribution in [0.3, 0.4) is 0 Å². The van der Waals surface area contributed by atoms with Crippen molar-refractivity contribution in [2.75, 3.05) is 4.90 Å². The third kappa shape index (κ3) is 6.80. The fraction of sp³-hybridized carbons (Fsp3) is 0.167. The molecule has 49 heavy (non-hydrogen) atoms. The highest BCUT2D eigenvalue weighted by molar-refractivity contribution is 5.81. The Labute approximate surface area is 291 Å². The van der Waals surface area contributed by atoms with Crippen LogP contribution in [0.2, 0.25) is 0 Å². The van der Waals surface area contributed by atoms with Crippen LogP contribution in [0, 0.1) is 5.92 Å². The summed E-state index contributed by atoms with van der Waals surface area (Å²) in [6.45, 7) is 0. The van der Waals surface area contributed by atoms with Gasteiger partial charge in [0.2, 0.25) is 0 Å². The Kier molecular flexibility index (Phi) is 9.07. The van der Waals surface area contributed by atoms with Gasteiger partial charge in [-0.1, -0.05) is 177 Å². The lowest BCUT2D eigenvalue weighted by Gasteiger charge is -2.38. The van der Waals surface area contributed by atoms with Crippen LogP contribution >= 0.6 is 0 Å². The van der Waals surface area contributed by atoms with E-state index < -0.39 is 0 Å². The van der Waals surface area contributed by atoms with Crippen molar-refractivity contribution in [2.45, 2.75) is 44.6 Å². The van der Waals surface area contributed by atoms with E-state index in [-0.39, 0.29) is 6.04 Å². The Morgan fingerprint density at radius 3 is 1.22 bits per heavy atom. The van der Waals surface area contributed by atoms with Crippen LogP contribution in [0.5, 0.6) is 0 Å². The summed E-state index contributed by atoms with van der Waals surface area (Å²) in [7, 11) is 0. The van der Waals surface area contributed by atoms with E-state index in [4.69, 9.17) is 0 Å². The molecule has 0 saturated heterocycles. The van der Waals surface area contributed by atoms with Crippen molar-refractivity contribution in [3.8, 4) is 33.4 Å². The molecule has 2 aliphatic carbocycles. The molecule has 0 aromatic heterocycles. The topological polar surface area (TPSA) is 3.24 Å². The number of anilines is 2. The highest BCUT2D eigenvalue weighted by Crippen LogP contribution is 2.43. The van der Waals surface area contributed by atoms with Crippen molar-refractivity contribution >= 4 is 16.9 Å². The molecule has 0 N–H and O–H groups in total. The molecule has 6 aromatic carbocycles. The Balaban J connectivity index is 1.16. The number of hydrogen-bond acceptors (Lipinski definition) is 1. The lowest BCUT2D eigenvalue weighted by Crippen LogP contribution is -2.32. The molecular weight excluding hydrogens is 591 g/mol. The summed E-state index contributed by atoms with van der Waals surface area (Å²) in [6.07, 6.45) is 12.5. The van der Waals surface area contributed by atoms with Gasteiger partial charge in [-0.15, -0.1) is 0 Å². The first kappa shape index (κ1) is 30.9. The molecule has 1 atom stereocenters. The normalized spacial score (nSPS) is 16.4. The predicted octanol–water partition coefficient (Wildman–Crippen LogP) is 13.2. The number of rotatable bonds is 8. The summed E-state index contributed by atoms with van der Waals surface area (Å²) in [5.74, 6) is 0.632. The molecule has 0 heterocycles. The first-order valence-corrected chi connectivity index (χ1v) is 18.0. The Bertz CT molecular complexity index is 1930. The summed E-state index contributed by atoms with van der Waals surface area (Å²) < 4.78 is 0. The fourth-order valence-electron chi connectivity index (χ4n) is 7.91. The number of nitrogens with zero attached hydrogens (tertiary/aromatic N) is 1. The zero-order valence-corrected chi connectivity index (χ0v) is 28.1. The molecule has 8 rings (SSSR count). The SMILES string of the molecule is C1=CC(N(c2ccc(-c3ccccc3)cc2)c2ccc(-c3ccccc3)cc2)CC(C2CCCCC2)=C1c1ccc(-c2ccccc2)cc1. The zero-order chi connectivity index (χ0) is 32.8. The summed E-state index contributed by atoms with van der Waals surface area (Å²) in [5.41, 5.74) is 14.4. The Hall–Kier alpha value is -5.40. The van der Waals surface area contributed by atoms with Gasteiger partial charge in [-0.2, -0.15) is 0 Å². The molecule has 0 spiro atoms. The van der Waals surface area contributed by atoms with Gasteiger partial charge in [-0.25, -0.2) is 0 Å². The van der Waals surface area contributed by atoms with Crippen LogP contribution in [0.1, 0.15) is 44.1 Å². The average molecular weight is 634 g/mol. The molecule has 0 aliphatic heterocycles. The molecule has 6 aromatic rings. The van der Waals surface area contributed by atoms with E-state index in [1.165, 1.54) is 88.0 Å². The van der Waals surface area contributed by atoms with E-state index in [9.17, 15) is 0 Å². The van der Waals surface area contributed by atoms with Gasteiger partial charge in [-0.3, -0.25) is 0 Å². The standard InChI is InChI=1S/C48H43N/c1-5-13-36(14-6-1)39-21-23-43(24-22-39)47-34-33-46(35-48(47)42-19-11-4-12-20-42)49(44-29-25-40(26-30-44)37-15-7-2-8-16-37)45-31-27-41(28-32-45)38-17-9-3-10-18-38/h1-3,5-10,13-18,21-34,42,46H,4,11-12,19-20,35H2. The van der Waals surface area contributed by atoms with Gasteiger partial charge < -0.3 is 4.90 Å². The summed E-state index contributed by atoms with van der Waals surface area (Å²) in [4.78, 5) is 2.57. The second kappa shape index (κ2) is 14.4. The first-order valence-electron chi connectivity index (χ1n) is 18.0. The quantitative estimate of drug-likeness (QED) is 0.161. The van der Waals surface area contributed by atoms with Crippen molar-refractivity contribution in [2.24, 2.45) is 5.92 Å². The maximum Gasteiger partial charge on any atom is 0.0563 e. The molecular formula is C48H43N. The minimum Gasteiger partial charge on any atom is -0.334 e. The van der Waals surface area contributed by atoms with Gasteiger partial charge in [-0.05, 0) is 94.0 Å². The molecule has 1 heteroatoms. The Morgan fingerprint density at radius 2 is 0.776 bits per heavy atom. The molecule has 0 radical (unpaired) electrons. The summed E-state index contributed by atoms with van der Waals surface area (Å²) in [5, 5.41) is 0. The van der Waals surface area contributed by atoms with Gasteiger partial charge in [0.25, 0.3) is 0 Å². The zero-order valence-electron chi connectivity index (χ0n) is 28.1. The lowest BCUT2D eigenvalue weighted by atomic mass is 9.76. The summed E-state index contributed by atoms with van der Waals surface area (Å²) in [6, 6.07) is 59.9. The minimum absolute atomic E-state index is 0.217. The Morgan fingerprint density at radius 1 is 0.388 bits per heavy atom. The van der Waals surface area contributed by atoms with Gasteiger partial charge >= 0.3 is 0 Å². The van der Waals surface area contributed by atoms with E-state index in [1.54, 1.807) is 5.57 Å². The number of hydrogen-bond donors (Lipinski definition) is 0. The molecule has 2 aliphatic rings. The van der Waals surface area contributed by atoms with E-state index >= 15 is 0 Å². The number of benzene rings is 6. The van der Waals surface area contributed by atoms with Gasteiger partial charge in [0.05, 0.1) is 6.04 Å². The lowest BCUT2D eigenvalue weighted by molar-refractivity contribution is 0.392. The molecule has 0 amide bonds. The fourth-order valence-corrected chi connectivity index (χ4v) is 7.91. The molecule has 1 unspecified atom stereocenters.